The minimum Gasteiger partial charge on any atom is -0.337 e. The molecule has 1 aliphatic heterocycles. The quantitative estimate of drug-likeness (QED) is 0.674. The Morgan fingerprint density at radius 1 is 1.12 bits per heavy atom. The zero-order valence-corrected chi connectivity index (χ0v) is 18.1. The van der Waals surface area contributed by atoms with Gasteiger partial charge in [0.25, 0.3) is 5.91 Å². The van der Waals surface area contributed by atoms with Gasteiger partial charge in [-0.15, -0.1) is 0 Å². The summed E-state index contributed by atoms with van der Waals surface area (Å²) in [6.45, 7) is 10.7. The average molecular weight is 446 g/mol. The SMILES string of the molecule is CCN1CCCN(C(=O)c2cc(S(=O)(=O)N(CC)CC)ccc2Br)CC1. The first-order chi connectivity index (χ1) is 12.3. The lowest BCUT2D eigenvalue weighted by Gasteiger charge is -2.23. The molecule has 0 N–H and O–H groups in total. The molecular weight excluding hydrogens is 418 g/mol. The molecule has 6 nitrogen and oxygen atoms in total. The number of hydrogen-bond acceptors (Lipinski definition) is 4. The number of benzene rings is 1. The van der Waals surface area contributed by atoms with Crippen molar-refractivity contribution >= 4 is 31.9 Å². The highest BCUT2D eigenvalue weighted by atomic mass is 79.9. The van der Waals surface area contributed by atoms with Crippen molar-refractivity contribution in [3.63, 3.8) is 0 Å². The molecule has 0 spiro atoms. The molecule has 1 fully saturated rings. The predicted octanol–water partition coefficient (Wildman–Crippen LogP) is 2.65. The number of nitrogens with zero attached hydrogens (tertiary/aromatic N) is 3. The van der Waals surface area contributed by atoms with Crippen molar-refractivity contribution in [2.24, 2.45) is 0 Å². The van der Waals surface area contributed by atoms with Crippen LogP contribution in [0.15, 0.2) is 27.6 Å². The van der Waals surface area contributed by atoms with E-state index in [0.717, 1.165) is 26.1 Å². The summed E-state index contributed by atoms with van der Waals surface area (Å²) in [5.74, 6) is -0.119. The normalized spacial score (nSPS) is 16.7. The van der Waals surface area contributed by atoms with Gasteiger partial charge in [-0.2, -0.15) is 4.31 Å². The van der Waals surface area contributed by atoms with Crippen LogP contribution in [0.25, 0.3) is 0 Å². The zero-order valence-electron chi connectivity index (χ0n) is 15.7. The molecular formula is C18H28BrN3O3S. The molecule has 0 bridgehead atoms. The summed E-state index contributed by atoms with van der Waals surface area (Å²) in [5, 5.41) is 0. The summed E-state index contributed by atoms with van der Waals surface area (Å²) in [5.41, 5.74) is 0.406. The second-order valence-corrected chi connectivity index (χ2v) is 9.10. The van der Waals surface area contributed by atoms with Crippen LogP contribution < -0.4 is 0 Å². The fraction of sp³-hybridized carbons (Fsp3) is 0.611. The molecule has 0 aromatic heterocycles. The van der Waals surface area contributed by atoms with Crippen LogP contribution in [-0.2, 0) is 10.0 Å². The van der Waals surface area contributed by atoms with Gasteiger partial charge in [0.1, 0.15) is 0 Å². The van der Waals surface area contributed by atoms with Crippen LogP contribution in [0.3, 0.4) is 0 Å². The summed E-state index contributed by atoms with van der Waals surface area (Å²) in [6, 6.07) is 4.71. The van der Waals surface area contributed by atoms with E-state index in [1.165, 1.54) is 10.4 Å². The highest BCUT2D eigenvalue weighted by Crippen LogP contribution is 2.25. The molecule has 8 heteroatoms. The molecule has 0 radical (unpaired) electrons. The Kier molecular flexibility index (Phi) is 7.63. The van der Waals surface area contributed by atoms with Gasteiger partial charge < -0.3 is 9.80 Å². The molecule has 1 aromatic carbocycles. The molecule has 0 unspecified atom stereocenters. The van der Waals surface area contributed by atoms with Crippen LogP contribution in [0.1, 0.15) is 37.6 Å². The monoisotopic (exact) mass is 445 g/mol. The minimum atomic E-state index is -3.59. The lowest BCUT2D eigenvalue weighted by molar-refractivity contribution is 0.0760. The largest absolute Gasteiger partial charge is 0.337 e. The number of sulfonamides is 1. The van der Waals surface area contributed by atoms with Crippen molar-refractivity contribution in [1.29, 1.82) is 0 Å². The van der Waals surface area contributed by atoms with Crippen molar-refractivity contribution in [3.05, 3.63) is 28.2 Å². The number of halogens is 1. The van der Waals surface area contributed by atoms with E-state index in [4.69, 9.17) is 0 Å². The van der Waals surface area contributed by atoms with Crippen LogP contribution >= 0.6 is 15.9 Å². The standard InChI is InChI=1S/C18H28BrN3O3S/c1-4-20-10-7-11-21(13-12-20)18(23)16-14-15(8-9-17(16)19)26(24,25)22(5-2)6-3/h8-9,14H,4-7,10-13H2,1-3H3. The maximum atomic E-state index is 13.0. The second-order valence-electron chi connectivity index (χ2n) is 6.31. The zero-order chi connectivity index (χ0) is 19.3. The molecule has 2 rings (SSSR count). The smallest absolute Gasteiger partial charge is 0.255 e. The van der Waals surface area contributed by atoms with E-state index in [-0.39, 0.29) is 10.8 Å². The molecule has 146 valence electrons. The lowest BCUT2D eigenvalue weighted by atomic mass is 10.2. The van der Waals surface area contributed by atoms with Crippen LogP contribution in [-0.4, -0.2) is 74.2 Å². The van der Waals surface area contributed by atoms with Gasteiger partial charge in [0, 0.05) is 37.2 Å². The van der Waals surface area contributed by atoms with Gasteiger partial charge in [0.15, 0.2) is 0 Å². The van der Waals surface area contributed by atoms with E-state index in [2.05, 4.69) is 27.8 Å². The highest BCUT2D eigenvalue weighted by molar-refractivity contribution is 9.10. The van der Waals surface area contributed by atoms with Crippen LogP contribution in [0.5, 0.6) is 0 Å². The van der Waals surface area contributed by atoms with E-state index in [0.29, 0.717) is 36.2 Å². The fourth-order valence-electron chi connectivity index (χ4n) is 3.20. The lowest BCUT2D eigenvalue weighted by Crippen LogP contribution is -2.35. The maximum absolute atomic E-state index is 13.0. The fourth-order valence-corrected chi connectivity index (χ4v) is 5.10. The Bertz CT molecular complexity index is 735. The van der Waals surface area contributed by atoms with E-state index in [1.807, 2.05) is 18.7 Å². The highest BCUT2D eigenvalue weighted by Gasteiger charge is 2.26. The molecule has 26 heavy (non-hydrogen) atoms. The van der Waals surface area contributed by atoms with Crippen LogP contribution in [0, 0.1) is 0 Å². The number of hydrogen-bond donors (Lipinski definition) is 0. The van der Waals surface area contributed by atoms with Crippen LogP contribution in [0.4, 0.5) is 0 Å². The van der Waals surface area contributed by atoms with Crippen LogP contribution in [0.2, 0.25) is 0 Å². The molecule has 1 saturated heterocycles. The Labute approximate surface area is 165 Å². The van der Waals surface area contributed by atoms with Gasteiger partial charge in [-0.3, -0.25) is 4.79 Å². The molecule has 0 saturated carbocycles. The number of carbonyl (C=O) groups excluding carboxylic acids is 1. The first kappa shape index (κ1) is 21.3. The van der Waals surface area contributed by atoms with Gasteiger partial charge in [-0.05, 0) is 53.6 Å². The summed E-state index contributed by atoms with van der Waals surface area (Å²) in [4.78, 5) is 17.3. The number of rotatable bonds is 6. The third-order valence-corrected chi connectivity index (χ3v) is 7.57. The number of carbonyl (C=O) groups is 1. The van der Waals surface area contributed by atoms with Crippen molar-refractivity contribution in [2.45, 2.75) is 32.1 Å². The third-order valence-electron chi connectivity index (χ3n) is 4.83. The van der Waals surface area contributed by atoms with E-state index < -0.39 is 10.0 Å². The first-order valence-electron chi connectivity index (χ1n) is 9.16. The molecule has 1 aromatic rings. The Morgan fingerprint density at radius 2 is 1.81 bits per heavy atom. The van der Waals surface area contributed by atoms with Gasteiger partial charge in [-0.1, -0.05) is 20.8 Å². The van der Waals surface area contributed by atoms with Gasteiger partial charge in [0.05, 0.1) is 10.5 Å². The molecule has 1 amide bonds. The van der Waals surface area contributed by atoms with E-state index >= 15 is 0 Å². The molecule has 1 aliphatic rings. The van der Waals surface area contributed by atoms with Gasteiger partial charge >= 0.3 is 0 Å². The molecule has 1 heterocycles. The molecule has 0 aliphatic carbocycles. The summed E-state index contributed by atoms with van der Waals surface area (Å²) in [7, 11) is -3.59. The second kappa shape index (κ2) is 9.30. The van der Waals surface area contributed by atoms with Crippen molar-refractivity contribution in [3.8, 4) is 0 Å². The topological polar surface area (TPSA) is 60.9 Å². The van der Waals surface area contributed by atoms with Crippen molar-refractivity contribution < 1.29 is 13.2 Å². The van der Waals surface area contributed by atoms with E-state index in [1.54, 1.807) is 12.1 Å². The maximum Gasteiger partial charge on any atom is 0.255 e. The Balaban J connectivity index is 2.31. The Morgan fingerprint density at radius 3 is 2.42 bits per heavy atom. The number of amides is 1. The van der Waals surface area contributed by atoms with Gasteiger partial charge in [-0.25, -0.2) is 8.42 Å². The van der Waals surface area contributed by atoms with Crippen molar-refractivity contribution in [1.82, 2.24) is 14.1 Å². The van der Waals surface area contributed by atoms with E-state index in [9.17, 15) is 13.2 Å². The minimum absolute atomic E-state index is 0.119. The predicted molar refractivity (Wildman–Crippen MR) is 107 cm³/mol. The first-order valence-corrected chi connectivity index (χ1v) is 11.4. The molecule has 0 atom stereocenters. The summed E-state index contributed by atoms with van der Waals surface area (Å²) in [6.07, 6.45) is 0.925. The average Bonchev–Trinajstić information content (AvgIpc) is 2.87. The third kappa shape index (κ3) is 4.65. The van der Waals surface area contributed by atoms with Gasteiger partial charge in [0.2, 0.25) is 10.0 Å². The van der Waals surface area contributed by atoms with Crippen molar-refractivity contribution in [2.75, 3.05) is 45.8 Å². The summed E-state index contributed by atoms with van der Waals surface area (Å²) >= 11 is 3.41. The Hall–Kier alpha value is -0.960. The summed E-state index contributed by atoms with van der Waals surface area (Å²) < 4.78 is 27.6. The number of likely N-dealkylation sites (N-methyl/N-ethyl adjacent to an activating group) is 1.